The number of ether oxygens (including phenoxy) is 1. The monoisotopic (exact) mass is 224 g/mol. The highest BCUT2D eigenvalue weighted by Crippen LogP contribution is 2.01. The number of nitrogens with one attached hydrogen (secondary N) is 2. The highest BCUT2D eigenvalue weighted by atomic mass is 16.5. The maximum Gasteiger partial charge on any atom is 0.0594 e. The van der Waals surface area contributed by atoms with Crippen LogP contribution < -0.4 is 5.32 Å². The Hall–Kier alpha value is -0.910. The van der Waals surface area contributed by atoms with E-state index in [0.29, 0.717) is 0 Å². The molecular formula is C11H20N4O. The van der Waals surface area contributed by atoms with Gasteiger partial charge < -0.3 is 10.1 Å². The number of aromatic nitrogens is 2. The number of rotatable bonds is 5. The lowest BCUT2D eigenvalue weighted by Crippen LogP contribution is -2.40. The molecular weight excluding hydrogens is 204 g/mol. The molecule has 0 spiro atoms. The second-order valence-electron chi connectivity index (χ2n) is 4.15. The maximum atomic E-state index is 5.31. The summed E-state index contributed by atoms with van der Waals surface area (Å²) in [4.78, 5) is 2.43. The first-order valence-electron chi connectivity index (χ1n) is 5.86. The smallest absolute Gasteiger partial charge is 0.0594 e. The van der Waals surface area contributed by atoms with E-state index < -0.39 is 0 Å². The van der Waals surface area contributed by atoms with Crippen molar-refractivity contribution in [3.8, 4) is 0 Å². The maximum absolute atomic E-state index is 5.31. The van der Waals surface area contributed by atoms with Gasteiger partial charge in [0.05, 0.1) is 19.4 Å². The molecule has 1 aliphatic rings. The van der Waals surface area contributed by atoms with E-state index in [0.717, 1.165) is 51.6 Å². The number of aromatic amines is 1. The van der Waals surface area contributed by atoms with Gasteiger partial charge in [0.25, 0.3) is 0 Å². The van der Waals surface area contributed by atoms with E-state index in [2.05, 4.69) is 20.4 Å². The van der Waals surface area contributed by atoms with E-state index in [1.165, 1.54) is 5.56 Å². The molecule has 0 bridgehead atoms. The van der Waals surface area contributed by atoms with Crippen LogP contribution in [0, 0.1) is 6.92 Å². The van der Waals surface area contributed by atoms with E-state index >= 15 is 0 Å². The molecule has 1 aromatic heterocycles. The van der Waals surface area contributed by atoms with Crippen LogP contribution in [0.4, 0.5) is 0 Å². The quantitative estimate of drug-likeness (QED) is 0.699. The summed E-state index contributed by atoms with van der Waals surface area (Å²) < 4.78 is 5.31. The van der Waals surface area contributed by atoms with Gasteiger partial charge in [-0.15, -0.1) is 0 Å². The first kappa shape index (κ1) is 11.6. The molecule has 2 N–H and O–H groups in total. The third kappa shape index (κ3) is 3.30. The topological polar surface area (TPSA) is 53.2 Å². The Morgan fingerprint density at radius 1 is 1.50 bits per heavy atom. The molecule has 90 valence electrons. The zero-order valence-corrected chi connectivity index (χ0v) is 9.83. The summed E-state index contributed by atoms with van der Waals surface area (Å²) in [5.74, 6) is 0. The van der Waals surface area contributed by atoms with E-state index in [4.69, 9.17) is 4.74 Å². The molecule has 0 radical (unpaired) electrons. The van der Waals surface area contributed by atoms with E-state index in [-0.39, 0.29) is 0 Å². The number of H-pyrrole nitrogens is 1. The summed E-state index contributed by atoms with van der Waals surface area (Å²) in [6.07, 6.45) is 1.89. The van der Waals surface area contributed by atoms with Gasteiger partial charge in [-0.2, -0.15) is 5.10 Å². The molecule has 0 aromatic carbocycles. The second kappa shape index (κ2) is 5.98. The average molecular weight is 224 g/mol. The molecule has 0 saturated carbocycles. The summed E-state index contributed by atoms with van der Waals surface area (Å²) in [6, 6.07) is 0. The molecule has 0 amide bonds. The number of hydrogen-bond acceptors (Lipinski definition) is 4. The van der Waals surface area contributed by atoms with Crippen molar-refractivity contribution in [2.75, 3.05) is 39.4 Å². The van der Waals surface area contributed by atoms with Crippen molar-refractivity contribution in [3.63, 3.8) is 0 Å². The number of aryl methyl sites for hydroxylation is 1. The van der Waals surface area contributed by atoms with Crippen LogP contribution in [0.2, 0.25) is 0 Å². The average Bonchev–Trinajstić information content (AvgIpc) is 2.72. The van der Waals surface area contributed by atoms with E-state index in [1.807, 2.05) is 13.1 Å². The molecule has 5 heteroatoms. The first-order chi connectivity index (χ1) is 7.86. The number of morpholine rings is 1. The molecule has 2 heterocycles. The normalized spacial score (nSPS) is 17.8. The minimum Gasteiger partial charge on any atom is -0.379 e. The van der Waals surface area contributed by atoms with E-state index in [1.54, 1.807) is 0 Å². The van der Waals surface area contributed by atoms with Gasteiger partial charge in [0, 0.05) is 44.0 Å². The van der Waals surface area contributed by atoms with Crippen molar-refractivity contribution in [3.05, 3.63) is 17.5 Å². The Balaban J connectivity index is 1.59. The lowest BCUT2D eigenvalue weighted by molar-refractivity contribution is 0.0384. The molecule has 1 aromatic rings. The Kier molecular flexibility index (Phi) is 4.33. The van der Waals surface area contributed by atoms with Crippen LogP contribution in [0.3, 0.4) is 0 Å². The highest BCUT2D eigenvalue weighted by molar-refractivity contribution is 5.13. The molecule has 1 aliphatic heterocycles. The Labute approximate surface area is 96.2 Å². The van der Waals surface area contributed by atoms with Crippen molar-refractivity contribution in [2.45, 2.75) is 13.5 Å². The summed E-state index contributed by atoms with van der Waals surface area (Å²) in [7, 11) is 0. The van der Waals surface area contributed by atoms with Crippen molar-refractivity contribution in [1.82, 2.24) is 20.4 Å². The van der Waals surface area contributed by atoms with Gasteiger partial charge in [0.15, 0.2) is 0 Å². The van der Waals surface area contributed by atoms with Crippen LogP contribution in [0.25, 0.3) is 0 Å². The zero-order valence-electron chi connectivity index (χ0n) is 9.83. The van der Waals surface area contributed by atoms with Gasteiger partial charge in [-0.05, 0) is 6.92 Å². The van der Waals surface area contributed by atoms with Gasteiger partial charge in [0.1, 0.15) is 0 Å². The molecule has 1 fully saturated rings. The fourth-order valence-corrected chi connectivity index (χ4v) is 1.84. The minimum absolute atomic E-state index is 0.876. The second-order valence-corrected chi connectivity index (χ2v) is 4.15. The van der Waals surface area contributed by atoms with Crippen molar-refractivity contribution < 1.29 is 4.74 Å². The third-order valence-electron chi connectivity index (χ3n) is 2.96. The van der Waals surface area contributed by atoms with Gasteiger partial charge in [-0.1, -0.05) is 0 Å². The highest BCUT2D eigenvalue weighted by Gasteiger charge is 2.09. The van der Waals surface area contributed by atoms with Gasteiger partial charge in [-0.25, -0.2) is 0 Å². The fourth-order valence-electron chi connectivity index (χ4n) is 1.84. The lowest BCUT2D eigenvalue weighted by atomic mass is 10.2. The van der Waals surface area contributed by atoms with Gasteiger partial charge >= 0.3 is 0 Å². The largest absolute Gasteiger partial charge is 0.379 e. The first-order valence-corrected chi connectivity index (χ1v) is 5.86. The Bertz CT molecular complexity index is 307. The Morgan fingerprint density at radius 2 is 2.31 bits per heavy atom. The minimum atomic E-state index is 0.876. The number of nitrogens with zero attached hydrogens (tertiary/aromatic N) is 2. The third-order valence-corrected chi connectivity index (χ3v) is 2.96. The molecule has 5 nitrogen and oxygen atoms in total. The molecule has 0 atom stereocenters. The van der Waals surface area contributed by atoms with E-state index in [9.17, 15) is 0 Å². The van der Waals surface area contributed by atoms with Crippen molar-refractivity contribution in [2.24, 2.45) is 0 Å². The summed E-state index contributed by atoms with van der Waals surface area (Å²) in [6.45, 7) is 8.93. The van der Waals surface area contributed by atoms with Crippen LogP contribution in [0.5, 0.6) is 0 Å². The van der Waals surface area contributed by atoms with Crippen LogP contribution in [-0.2, 0) is 11.3 Å². The summed E-state index contributed by atoms with van der Waals surface area (Å²) >= 11 is 0. The van der Waals surface area contributed by atoms with Gasteiger partial charge in [0.2, 0.25) is 0 Å². The van der Waals surface area contributed by atoms with Crippen molar-refractivity contribution in [1.29, 1.82) is 0 Å². The lowest BCUT2D eigenvalue weighted by Gasteiger charge is -2.26. The van der Waals surface area contributed by atoms with Crippen LogP contribution >= 0.6 is 0 Å². The molecule has 16 heavy (non-hydrogen) atoms. The number of hydrogen-bond donors (Lipinski definition) is 2. The molecule has 1 saturated heterocycles. The van der Waals surface area contributed by atoms with Crippen LogP contribution in [0.1, 0.15) is 11.3 Å². The fraction of sp³-hybridized carbons (Fsp3) is 0.727. The molecule has 0 unspecified atom stereocenters. The van der Waals surface area contributed by atoms with Crippen molar-refractivity contribution >= 4 is 0 Å². The summed E-state index contributed by atoms with van der Waals surface area (Å²) in [5.41, 5.74) is 2.40. The summed E-state index contributed by atoms with van der Waals surface area (Å²) in [5, 5.41) is 10.4. The molecule has 2 rings (SSSR count). The van der Waals surface area contributed by atoms with Gasteiger partial charge in [-0.3, -0.25) is 10.00 Å². The van der Waals surface area contributed by atoms with Crippen LogP contribution in [0.15, 0.2) is 6.20 Å². The predicted octanol–water partition coefficient (Wildman–Crippen LogP) is 0.140. The van der Waals surface area contributed by atoms with Crippen LogP contribution in [-0.4, -0.2) is 54.5 Å². The Morgan fingerprint density at radius 3 is 3.00 bits per heavy atom. The predicted molar refractivity (Wildman–Crippen MR) is 62.3 cm³/mol. The molecule has 0 aliphatic carbocycles. The standard InChI is InChI=1S/C11H20N4O/c1-10-11(9-13-14-10)8-12-2-3-15-4-6-16-7-5-15/h9,12H,2-8H2,1H3,(H,13,14). The zero-order chi connectivity index (χ0) is 11.2. The SMILES string of the molecule is Cc1[nH]ncc1CNCCN1CCOCC1.